The Morgan fingerprint density at radius 2 is 1.65 bits per heavy atom. The van der Waals surface area contributed by atoms with E-state index in [0.29, 0.717) is 18.1 Å². The first kappa shape index (κ1) is 24.0. The Bertz CT molecular complexity index is 1130. The number of allylic oxidation sites excluding steroid dienone is 1. The van der Waals surface area contributed by atoms with E-state index in [1.807, 2.05) is 48.5 Å². The predicted molar refractivity (Wildman–Crippen MR) is 127 cm³/mol. The van der Waals surface area contributed by atoms with Crippen molar-refractivity contribution in [3.05, 3.63) is 118 Å². The van der Waals surface area contributed by atoms with E-state index in [9.17, 15) is 14.3 Å². The summed E-state index contributed by atoms with van der Waals surface area (Å²) in [5.74, 6) is -0.623. The highest BCUT2D eigenvalue weighted by Gasteiger charge is 2.28. The molecule has 176 valence electrons. The van der Waals surface area contributed by atoms with Crippen LogP contribution in [0.1, 0.15) is 34.6 Å². The minimum absolute atomic E-state index is 0.0170. The van der Waals surface area contributed by atoms with Crippen LogP contribution < -0.4 is 5.32 Å². The molecule has 1 heterocycles. The highest BCUT2D eigenvalue weighted by atomic mass is 35.5. The maximum absolute atomic E-state index is 13.1. The number of carbonyl (C=O) groups excluding carboxylic acids is 1. The van der Waals surface area contributed by atoms with Gasteiger partial charge in [-0.05, 0) is 52.6 Å². The Morgan fingerprint density at radius 1 is 1.00 bits per heavy atom. The van der Waals surface area contributed by atoms with Gasteiger partial charge < -0.3 is 19.9 Å². The summed E-state index contributed by atoms with van der Waals surface area (Å²) in [5, 5.41) is 12.7. The van der Waals surface area contributed by atoms with Gasteiger partial charge in [0.05, 0.1) is 13.2 Å². The van der Waals surface area contributed by atoms with Crippen molar-refractivity contribution in [2.24, 2.45) is 0 Å². The van der Waals surface area contributed by atoms with E-state index in [0.717, 1.165) is 22.3 Å². The van der Waals surface area contributed by atoms with Gasteiger partial charge in [0.1, 0.15) is 5.82 Å². The van der Waals surface area contributed by atoms with Crippen molar-refractivity contribution >= 4 is 17.5 Å². The maximum atomic E-state index is 13.1. The fourth-order valence-electron chi connectivity index (χ4n) is 3.66. The number of hydrogen-bond donors (Lipinski definition) is 2. The summed E-state index contributed by atoms with van der Waals surface area (Å²) in [7, 11) is 0. The normalized spacial score (nSPS) is 17.6. The van der Waals surface area contributed by atoms with E-state index in [-0.39, 0.29) is 36.6 Å². The summed E-state index contributed by atoms with van der Waals surface area (Å²) >= 11 is 6.04. The monoisotopic (exact) mass is 481 g/mol. The van der Waals surface area contributed by atoms with Crippen LogP contribution in [0.5, 0.6) is 0 Å². The standard InChI is InChI=1S/C27H25ClFNO4/c28-23-9-7-21(8-10-23)22-13-25(27(32)30-15-18-5-11-24(29)12-6-18)34-26(14-22)33-17-20-3-1-19(16-31)2-4-20/h1-13,22,26,31H,14-17H2,(H,30,32)/t22-,26+/m0/s1. The highest BCUT2D eigenvalue weighted by molar-refractivity contribution is 6.30. The number of hydrogen-bond acceptors (Lipinski definition) is 4. The van der Waals surface area contributed by atoms with Crippen LogP contribution in [0.2, 0.25) is 5.02 Å². The van der Waals surface area contributed by atoms with Gasteiger partial charge in [0.2, 0.25) is 6.29 Å². The lowest BCUT2D eigenvalue weighted by molar-refractivity contribution is -0.150. The van der Waals surface area contributed by atoms with Gasteiger partial charge in [0, 0.05) is 23.9 Å². The molecule has 0 aliphatic carbocycles. The molecule has 3 aromatic carbocycles. The lowest BCUT2D eigenvalue weighted by Crippen LogP contribution is -2.32. The van der Waals surface area contributed by atoms with E-state index >= 15 is 0 Å². The highest BCUT2D eigenvalue weighted by Crippen LogP contribution is 2.32. The molecule has 1 amide bonds. The summed E-state index contributed by atoms with van der Waals surface area (Å²) in [5.41, 5.74) is 3.53. The van der Waals surface area contributed by atoms with Crippen LogP contribution in [0.4, 0.5) is 4.39 Å². The molecule has 1 aliphatic heterocycles. The number of nitrogens with one attached hydrogen (secondary N) is 1. The average Bonchev–Trinajstić information content (AvgIpc) is 2.87. The molecule has 2 N–H and O–H groups in total. The Morgan fingerprint density at radius 3 is 2.32 bits per heavy atom. The molecular weight excluding hydrogens is 457 g/mol. The van der Waals surface area contributed by atoms with Crippen LogP contribution in [-0.2, 0) is 34.0 Å². The predicted octanol–water partition coefficient (Wildman–Crippen LogP) is 5.22. The summed E-state index contributed by atoms with van der Waals surface area (Å²) in [6.45, 7) is 0.527. The molecule has 34 heavy (non-hydrogen) atoms. The van der Waals surface area contributed by atoms with Crippen molar-refractivity contribution in [1.82, 2.24) is 5.32 Å². The van der Waals surface area contributed by atoms with Crippen molar-refractivity contribution in [1.29, 1.82) is 0 Å². The molecule has 0 spiro atoms. The minimum Gasteiger partial charge on any atom is -0.459 e. The third-order valence-corrected chi connectivity index (χ3v) is 5.84. The Labute approximate surface area is 202 Å². The number of aliphatic hydroxyl groups excluding tert-OH is 1. The van der Waals surface area contributed by atoms with Gasteiger partial charge in [-0.1, -0.05) is 60.1 Å². The molecule has 2 atom stereocenters. The van der Waals surface area contributed by atoms with Gasteiger partial charge in [-0.25, -0.2) is 4.39 Å². The smallest absolute Gasteiger partial charge is 0.286 e. The summed E-state index contributed by atoms with van der Waals surface area (Å²) < 4.78 is 25.0. The average molecular weight is 482 g/mol. The fraction of sp³-hybridized carbons (Fsp3) is 0.222. The Hall–Kier alpha value is -3.19. The molecule has 0 saturated heterocycles. The maximum Gasteiger partial charge on any atom is 0.286 e. The number of aliphatic hydroxyl groups is 1. The molecule has 3 aromatic rings. The van der Waals surface area contributed by atoms with Gasteiger partial charge in [-0.3, -0.25) is 4.79 Å². The second-order valence-corrected chi connectivity index (χ2v) is 8.50. The van der Waals surface area contributed by atoms with Gasteiger partial charge in [0.25, 0.3) is 5.91 Å². The van der Waals surface area contributed by atoms with Crippen molar-refractivity contribution in [3.63, 3.8) is 0 Å². The third kappa shape index (κ3) is 6.44. The lowest BCUT2D eigenvalue weighted by atomic mass is 9.93. The Balaban J connectivity index is 1.46. The Kier molecular flexibility index (Phi) is 7.95. The summed E-state index contributed by atoms with van der Waals surface area (Å²) in [6, 6.07) is 20.9. The number of amides is 1. The van der Waals surface area contributed by atoms with Crippen LogP contribution in [0.3, 0.4) is 0 Å². The van der Waals surface area contributed by atoms with Crippen molar-refractivity contribution < 1.29 is 23.8 Å². The van der Waals surface area contributed by atoms with Crippen LogP contribution in [0.25, 0.3) is 0 Å². The molecule has 0 bridgehead atoms. The van der Waals surface area contributed by atoms with Crippen LogP contribution in [-0.4, -0.2) is 17.3 Å². The lowest BCUT2D eigenvalue weighted by Gasteiger charge is -2.29. The minimum atomic E-state index is -0.630. The van der Waals surface area contributed by atoms with Gasteiger partial charge in [-0.15, -0.1) is 0 Å². The van der Waals surface area contributed by atoms with E-state index < -0.39 is 6.29 Å². The van der Waals surface area contributed by atoms with Crippen LogP contribution >= 0.6 is 11.6 Å². The van der Waals surface area contributed by atoms with E-state index in [1.54, 1.807) is 18.2 Å². The molecule has 5 nitrogen and oxygen atoms in total. The molecule has 4 rings (SSSR count). The van der Waals surface area contributed by atoms with Crippen molar-refractivity contribution in [2.75, 3.05) is 0 Å². The van der Waals surface area contributed by atoms with E-state index in [1.165, 1.54) is 12.1 Å². The third-order valence-electron chi connectivity index (χ3n) is 5.59. The molecule has 0 fully saturated rings. The number of carbonyl (C=O) groups is 1. The SMILES string of the molecule is O=C(NCc1ccc(F)cc1)C1=C[C@H](c2ccc(Cl)cc2)C[C@H](OCc2ccc(CO)cc2)O1. The van der Waals surface area contributed by atoms with Gasteiger partial charge in [-0.2, -0.15) is 0 Å². The zero-order chi connectivity index (χ0) is 23.9. The van der Waals surface area contributed by atoms with E-state index in [4.69, 9.17) is 21.1 Å². The summed E-state index contributed by atoms with van der Waals surface area (Å²) in [4.78, 5) is 12.9. The quantitative estimate of drug-likeness (QED) is 0.463. The largest absolute Gasteiger partial charge is 0.459 e. The first-order chi connectivity index (χ1) is 16.5. The molecule has 0 saturated carbocycles. The van der Waals surface area contributed by atoms with Crippen molar-refractivity contribution in [3.8, 4) is 0 Å². The second-order valence-electron chi connectivity index (χ2n) is 8.07. The molecule has 0 radical (unpaired) electrons. The van der Waals surface area contributed by atoms with Crippen LogP contribution in [0.15, 0.2) is 84.6 Å². The first-order valence-corrected chi connectivity index (χ1v) is 11.3. The van der Waals surface area contributed by atoms with Gasteiger partial charge >= 0.3 is 0 Å². The number of benzene rings is 3. The number of halogens is 2. The number of ether oxygens (including phenoxy) is 2. The zero-order valence-corrected chi connectivity index (χ0v) is 19.2. The van der Waals surface area contributed by atoms with E-state index in [2.05, 4.69) is 5.32 Å². The fourth-order valence-corrected chi connectivity index (χ4v) is 3.79. The molecule has 0 unspecified atom stereocenters. The van der Waals surface area contributed by atoms with Gasteiger partial charge in [0.15, 0.2) is 5.76 Å². The zero-order valence-electron chi connectivity index (χ0n) is 18.4. The molecule has 0 aromatic heterocycles. The molecule has 1 aliphatic rings. The topological polar surface area (TPSA) is 67.8 Å². The second kappa shape index (κ2) is 11.3. The summed E-state index contributed by atoms with van der Waals surface area (Å²) in [6.07, 6.45) is 1.69. The first-order valence-electron chi connectivity index (χ1n) is 11.0. The van der Waals surface area contributed by atoms with Crippen molar-refractivity contribution in [2.45, 2.75) is 38.4 Å². The number of rotatable bonds is 8. The molecule has 7 heteroatoms. The van der Waals surface area contributed by atoms with Crippen LogP contribution in [0, 0.1) is 5.82 Å². The molecular formula is C27H25ClFNO4.